The fourth-order valence-electron chi connectivity index (χ4n) is 3.66. The van der Waals surface area contributed by atoms with Crippen LogP contribution in [0, 0.1) is 0 Å². The van der Waals surface area contributed by atoms with E-state index in [-0.39, 0.29) is 12.0 Å². The molecule has 142 valence electrons. The first-order chi connectivity index (χ1) is 12.6. The number of urea groups is 1. The van der Waals surface area contributed by atoms with Gasteiger partial charge < -0.3 is 19.9 Å². The van der Waals surface area contributed by atoms with Crippen LogP contribution in [-0.4, -0.2) is 56.2 Å². The highest BCUT2D eigenvalue weighted by Gasteiger charge is 2.25. The predicted molar refractivity (Wildman–Crippen MR) is 102 cm³/mol. The number of esters is 1. The number of piperazine rings is 1. The summed E-state index contributed by atoms with van der Waals surface area (Å²) in [6.07, 6.45) is 5.85. The molecular weight excluding hydrogens is 354 g/mol. The van der Waals surface area contributed by atoms with Crippen LogP contribution in [0.4, 0.5) is 10.5 Å². The molecule has 0 aromatic heterocycles. The van der Waals surface area contributed by atoms with Gasteiger partial charge in [-0.05, 0) is 31.0 Å². The Kier molecular flexibility index (Phi) is 6.25. The highest BCUT2D eigenvalue weighted by molar-refractivity contribution is 6.33. The molecule has 6 nitrogen and oxygen atoms in total. The van der Waals surface area contributed by atoms with Gasteiger partial charge in [0.2, 0.25) is 0 Å². The van der Waals surface area contributed by atoms with Gasteiger partial charge in [0.05, 0.1) is 23.4 Å². The van der Waals surface area contributed by atoms with Crippen LogP contribution in [-0.2, 0) is 4.74 Å². The van der Waals surface area contributed by atoms with Crippen LogP contribution in [0.25, 0.3) is 0 Å². The number of anilines is 1. The number of ether oxygens (including phenoxy) is 1. The average Bonchev–Trinajstić information content (AvgIpc) is 2.68. The maximum Gasteiger partial charge on any atom is 0.337 e. The number of carbonyl (C=O) groups excluding carboxylic acids is 2. The van der Waals surface area contributed by atoms with E-state index >= 15 is 0 Å². The van der Waals surface area contributed by atoms with Gasteiger partial charge in [-0.2, -0.15) is 0 Å². The summed E-state index contributed by atoms with van der Waals surface area (Å²) in [6, 6.07) is 5.48. The van der Waals surface area contributed by atoms with E-state index in [4.69, 9.17) is 16.3 Å². The summed E-state index contributed by atoms with van der Waals surface area (Å²) >= 11 is 6.32. The highest BCUT2D eigenvalue weighted by Crippen LogP contribution is 2.28. The maximum atomic E-state index is 12.5. The second-order valence-electron chi connectivity index (χ2n) is 6.92. The number of halogens is 1. The predicted octanol–water partition coefficient (Wildman–Crippen LogP) is 3.29. The van der Waals surface area contributed by atoms with Gasteiger partial charge in [0.1, 0.15) is 0 Å². The summed E-state index contributed by atoms with van der Waals surface area (Å²) in [6.45, 7) is 2.64. The molecule has 1 aliphatic carbocycles. The summed E-state index contributed by atoms with van der Waals surface area (Å²) < 4.78 is 4.78. The Labute approximate surface area is 159 Å². The largest absolute Gasteiger partial charge is 0.465 e. The van der Waals surface area contributed by atoms with E-state index in [0.717, 1.165) is 18.5 Å². The van der Waals surface area contributed by atoms with Crippen molar-refractivity contribution in [3.8, 4) is 0 Å². The monoisotopic (exact) mass is 379 g/mol. The van der Waals surface area contributed by atoms with Crippen LogP contribution in [0.5, 0.6) is 0 Å². The molecule has 1 aromatic rings. The zero-order chi connectivity index (χ0) is 18.5. The summed E-state index contributed by atoms with van der Waals surface area (Å²) in [4.78, 5) is 28.2. The Bertz CT molecular complexity index is 653. The van der Waals surface area contributed by atoms with Crippen LogP contribution in [0.15, 0.2) is 18.2 Å². The quantitative estimate of drug-likeness (QED) is 0.818. The Morgan fingerprint density at radius 1 is 1.12 bits per heavy atom. The molecule has 1 aromatic carbocycles. The smallest absolute Gasteiger partial charge is 0.337 e. The van der Waals surface area contributed by atoms with E-state index < -0.39 is 0 Å². The van der Waals surface area contributed by atoms with Gasteiger partial charge in [-0.15, -0.1) is 0 Å². The lowest BCUT2D eigenvalue weighted by Gasteiger charge is -2.37. The van der Waals surface area contributed by atoms with Gasteiger partial charge in [0, 0.05) is 32.2 Å². The minimum absolute atomic E-state index is 0.0333. The fraction of sp³-hybridized carbons (Fsp3) is 0.579. The van der Waals surface area contributed by atoms with E-state index in [1.807, 2.05) is 4.90 Å². The number of nitrogens with one attached hydrogen (secondary N) is 1. The lowest BCUT2D eigenvalue weighted by Crippen LogP contribution is -2.53. The number of benzene rings is 1. The van der Waals surface area contributed by atoms with Crippen molar-refractivity contribution < 1.29 is 14.3 Å². The zero-order valence-electron chi connectivity index (χ0n) is 15.2. The van der Waals surface area contributed by atoms with E-state index in [1.165, 1.54) is 26.4 Å². The molecule has 0 spiro atoms. The van der Waals surface area contributed by atoms with Crippen molar-refractivity contribution in [3.63, 3.8) is 0 Å². The van der Waals surface area contributed by atoms with E-state index in [9.17, 15) is 9.59 Å². The number of nitrogens with zero attached hydrogens (tertiary/aromatic N) is 2. The average molecular weight is 380 g/mol. The molecule has 0 radical (unpaired) electrons. The van der Waals surface area contributed by atoms with Crippen molar-refractivity contribution in [1.29, 1.82) is 0 Å². The Hall–Kier alpha value is -1.95. The first-order valence-corrected chi connectivity index (χ1v) is 9.64. The van der Waals surface area contributed by atoms with Crippen LogP contribution in [0.3, 0.4) is 0 Å². The lowest BCUT2D eigenvalue weighted by atomic mass is 9.96. The van der Waals surface area contributed by atoms with Crippen molar-refractivity contribution >= 4 is 29.3 Å². The second kappa shape index (κ2) is 8.62. The molecule has 2 aliphatic rings. The molecular formula is C19H26ClN3O3. The number of hydrogen-bond acceptors (Lipinski definition) is 4. The van der Waals surface area contributed by atoms with Gasteiger partial charge in [-0.3, -0.25) is 0 Å². The number of rotatable bonds is 3. The molecule has 1 aliphatic heterocycles. The first kappa shape index (κ1) is 18.8. The van der Waals surface area contributed by atoms with Gasteiger partial charge in [0.25, 0.3) is 0 Å². The fourth-order valence-corrected chi connectivity index (χ4v) is 3.90. The van der Waals surface area contributed by atoms with E-state index in [2.05, 4.69) is 10.2 Å². The minimum atomic E-state index is -0.381. The van der Waals surface area contributed by atoms with Crippen LogP contribution >= 0.6 is 11.6 Å². The standard InChI is InChI=1S/C19H26ClN3O3/c1-26-18(24)14-7-8-16(20)17(13-14)22-9-11-23(12-10-22)19(25)21-15-5-3-2-4-6-15/h7-8,13,15H,2-6,9-12H2,1H3,(H,21,25). The van der Waals surface area contributed by atoms with Gasteiger partial charge in [-0.1, -0.05) is 30.9 Å². The molecule has 2 amide bonds. The first-order valence-electron chi connectivity index (χ1n) is 9.26. The van der Waals surface area contributed by atoms with Gasteiger partial charge >= 0.3 is 12.0 Å². The molecule has 2 fully saturated rings. The molecule has 0 atom stereocenters. The minimum Gasteiger partial charge on any atom is -0.465 e. The molecule has 3 rings (SSSR count). The number of hydrogen-bond donors (Lipinski definition) is 1. The molecule has 7 heteroatoms. The lowest BCUT2D eigenvalue weighted by molar-refractivity contribution is 0.0600. The topological polar surface area (TPSA) is 61.9 Å². The van der Waals surface area contributed by atoms with E-state index in [1.54, 1.807) is 18.2 Å². The Morgan fingerprint density at radius 2 is 1.81 bits per heavy atom. The van der Waals surface area contributed by atoms with E-state index in [0.29, 0.717) is 42.8 Å². The molecule has 1 saturated carbocycles. The summed E-state index contributed by atoms with van der Waals surface area (Å²) in [7, 11) is 1.36. The van der Waals surface area contributed by atoms with Crippen molar-refractivity contribution in [1.82, 2.24) is 10.2 Å². The molecule has 1 saturated heterocycles. The zero-order valence-corrected chi connectivity index (χ0v) is 15.9. The van der Waals surface area contributed by atoms with Crippen molar-refractivity contribution in [2.75, 3.05) is 38.2 Å². The molecule has 0 bridgehead atoms. The molecule has 1 heterocycles. The number of carbonyl (C=O) groups is 2. The second-order valence-corrected chi connectivity index (χ2v) is 7.32. The summed E-state index contributed by atoms with van der Waals surface area (Å²) in [5.74, 6) is -0.381. The third-order valence-electron chi connectivity index (χ3n) is 5.21. The normalized spacial score (nSPS) is 18.5. The molecule has 26 heavy (non-hydrogen) atoms. The van der Waals surface area contributed by atoms with Crippen molar-refractivity contribution in [3.05, 3.63) is 28.8 Å². The Morgan fingerprint density at radius 3 is 2.46 bits per heavy atom. The van der Waals surface area contributed by atoms with Crippen LogP contribution < -0.4 is 10.2 Å². The van der Waals surface area contributed by atoms with Crippen LogP contribution in [0.1, 0.15) is 42.5 Å². The van der Waals surface area contributed by atoms with Crippen molar-refractivity contribution in [2.45, 2.75) is 38.1 Å². The number of amides is 2. The highest BCUT2D eigenvalue weighted by atomic mass is 35.5. The third-order valence-corrected chi connectivity index (χ3v) is 5.53. The summed E-state index contributed by atoms with van der Waals surface area (Å²) in [5, 5.41) is 3.76. The van der Waals surface area contributed by atoms with Crippen LogP contribution in [0.2, 0.25) is 5.02 Å². The maximum absolute atomic E-state index is 12.5. The number of methoxy groups -OCH3 is 1. The summed E-state index contributed by atoms with van der Waals surface area (Å²) in [5.41, 5.74) is 1.28. The third kappa shape index (κ3) is 4.41. The Balaban J connectivity index is 1.58. The molecule has 0 unspecified atom stereocenters. The van der Waals surface area contributed by atoms with Crippen molar-refractivity contribution in [2.24, 2.45) is 0 Å². The van der Waals surface area contributed by atoms with Gasteiger partial charge in [-0.25, -0.2) is 9.59 Å². The SMILES string of the molecule is COC(=O)c1ccc(Cl)c(N2CCN(C(=O)NC3CCCCC3)CC2)c1. The molecule has 1 N–H and O–H groups in total. The van der Waals surface area contributed by atoms with Gasteiger partial charge in [0.15, 0.2) is 0 Å².